The van der Waals surface area contributed by atoms with E-state index in [0.29, 0.717) is 6.42 Å². The first-order valence-electron chi connectivity index (χ1n) is 9.47. The summed E-state index contributed by atoms with van der Waals surface area (Å²) in [5.41, 5.74) is 0. The van der Waals surface area contributed by atoms with Gasteiger partial charge in [0.15, 0.2) is 15.0 Å². The largest absolute Gasteiger partial charge is 0.335 e. The van der Waals surface area contributed by atoms with Gasteiger partial charge in [-0.2, -0.15) is 0 Å². The Bertz CT molecular complexity index is 747. The van der Waals surface area contributed by atoms with Crippen molar-refractivity contribution in [1.29, 1.82) is 0 Å². The Balaban J connectivity index is 1.68. The molecule has 1 amide bonds. The second-order valence-electron chi connectivity index (χ2n) is 7.26. The molecule has 3 heterocycles. The molecule has 1 saturated heterocycles. The van der Waals surface area contributed by atoms with Crippen LogP contribution in [0.25, 0.3) is 0 Å². The first-order chi connectivity index (χ1) is 12.4. The number of amides is 1. The number of hydrogen-bond donors (Lipinski definition) is 0. The third-order valence-corrected chi connectivity index (χ3v) is 8.06. The van der Waals surface area contributed by atoms with Crippen LogP contribution in [0.1, 0.15) is 51.8 Å². The maximum atomic E-state index is 12.9. The molecule has 1 aromatic rings. The molecule has 7 nitrogen and oxygen atoms in total. The van der Waals surface area contributed by atoms with Crippen LogP contribution in [-0.2, 0) is 27.6 Å². The van der Waals surface area contributed by atoms with E-state index in [9.17, 15) is 13.2 Å². The van der Waals surface area contributed by atoms with Crippen LogP contribution in [-0.4, -0.2) is 63.3 Å². The first kappa shape index (κ1) is 19.7. The first-order valence-corrected chi connectivity index (χ1v) is 12.3. The molecule has 0 radical (unpaired) electrons. The highest BCUT2D eigenvalue weighted by Gasteiger charge is 2.36. The molecule has 26 heavy (non-hydrogen) atoms. The second-order valence-corrected chi connectivity index (χ2v) is 10.4. The lowest BCUT2D eigenvalue weighted by atomic mass is 10.1. The number of carbonyl (C=O) groups is 1. The van der Waals surface area contributed by atoms with Gasteiger partial charge < -0.3 is 9.47 Å². The molecule has 3 rings (SSSR count). The lowest BCUT2D eigenvalue weighted by Gasteiger charge is -2.33. The molecule has 0 spiro atoms. The van der Waals surface area contributed by atoms with Gasteiger partial charge in [-0.3, -0.25) is 4.79 Å². The van der Waals surface area contributed by atoms with Gasteiger partial charge >= 0.3 is 0 Å². The lowest BCUT2D eigenvalue weighted by molar-refractivity contribution is -0.132. The second kappa shape index (κ2) is 8.29. The SMILES string of the molecule is CC[C@@H](C)N(C(=O)CSc1nnc2n1CCCCC2)[C@H]1CCS(=O)(=O)C1. The van der Waals surface area contributed by atoms with Crippen LogP contribution < -0.4 is 0 Å². The summed E-state index contributed by atoms with van der Waals surface area (Å²) < 4.78 is 25.8. The molecule has 2 aliphatic heterocycles. The van der Waals surface area contributed by atoms with Crippen LogP contribution in [0.4, 0.5) is 0 Å². The molecule has 146 valence electrons. The molecular weight excluding hydrogens is 372 g/mol. The average Bonchev–Trinajstić information content (AvgIpc) is 3.06. The number of hydrogen-bond acceptors (Lipinski definition) is 6. The fourth-order valence-electron chi connectivity index (χ4n) is 3.77. The molecule has 1 fully saturated rings. The van der Waals surface area contributed by atoms with Crippen LogP contribution >= 0.6 is 11.8 Å². The smallest absolute Gasteiger partial charge is 0.233 e. The highest BCUT2D eigenvalue weighted by atomic mass is 32.2. The van der Waals surface area contributed by atoms with Gasteiger partial charge in [-0.1, -0.05) is 25.1 Å². The zero-order valence-corrected chi connectivity index (χ0v) is 17.2. The molecule has 0 aliphatic carbocycles. The Morgan fingerprint density at radius 2 is 2.15 bits per heavy atom. The monoisotopic (exact) mass is 400 g/mol. The summed E-state index contributed by atoms with van der Waals surface area (Å²) in [6, 6.07) is -0.157. The van der Waals surface area contributed by atoms with Gasteiger partial charge in [0, 0.05) is 25.0 Å². The van der Waals surface area contributed by atoms with Crippen molar-refractivity contribution in [2.75, 3.05) is 17.3 Å². The predicted octanol–water partition coefficient (Wildman–Crippen LogP) is 1.91. The number of carbonyl (C=O) groups excluding carboxylic acids is 1. The number of sulfone groups is 1. The quantitative estimate of drug-likeness (QED) is 0.678. The lowest BCUT2D eigenvalue weighted by Crippen LogP contribution is -2.47. The summed E-state index contributed by atoms with van der Waals surface area (Å²) in [5, 5.41) is 9.34. The topological polar surface area (TPSA) is 85.2 Å². The van der Waals surface area contributed by atoms with E-state index in [2.05, 4.69) is 14.8 Å². The van der Waals surface area contributed by atoms with E-state index in [-0.39, 0.29) is 35.2 Å². The van der Waals surface area contributed by atoms with Gasteiger partial charge in [-0.25, -0.2) is 8.42 Å². The molecule has 0 N–H and O–H groups in total. The molecule has 2 aliphatic rings. The Morgan fingerprint density at radius 1 is 1.35 bits per heavy atom. The van der Waals surface area contributed by atoms with Crippen molar-refractivity contribution in [2.45, 2.75) is 76.2 Å². The van der Waals surface area contributed by atoms with E-state index in [1.165, 1.54) is 18.2 Å². The third kappa shape index (κ3) is 4.42. The highest BCUT2D eigenvalue weighted by molar-refractivity contribution is 7.99. The molecule has 9 heteroatoms. The molecule has 0 saturated carbocycles. The standard InChI is InChI=1S/C17H28N4O3S2/c1-3-13(2)21(14-8-10-26(23,24)12-14)16(22)11-25-17-19-18-15-7-5-4-6-9-20(15)17/h13-14H,3-12H2,1-2H3/t13-,14+/m1/s1. The van der Waals surface area contributed by atoms with Crippen LogP contribution in [0, 0.1) is 0 Å². The van der Waals surface area contributed by atoms with E-state index < -0.39 is 9.84 Å². The van der Waals surface area contributed by atoms with Gasteiger partial charge in [0.25, 0.3) is 0 Å². The Labute approximate surface area is 159 Å². The molecular formula is C17H28N4O3S2. The third-order valence-electron chi connectivity index (χ3n) is 5.36. The Hall–Kier alpha value is -1.09. The number of thioether (sulfide) groups is 1. The fraction of sp³-hybridized carbons (Fsp3) is 0.824. The molecule has 2 atom stereocenters. The van der Waals surface area contributed by atoms with Crippen molar-refractivity contribution in [3.63, 3.8) is 0 Å². The van der Waals surface area contributed by atoms with Crippen LogP contribution in [0.5, 0.6) is 0 Å². The molecule has 0 unspecified atom stereocenters. The van der Waals surface area contributed by atoms with E-state index in [4.69, 9.17) is 0 Å². The van der Waals surface area contributed by atoms with Crippen LogP contribution in [0.2, 0.25) is 0 Å². The zero-order valence-electron chi connectivity index (χ0n) is 15.6. The maximum Gasteiger partial charge on any atom is 0.233 e. The molecule has 0 aromatic carbocycles. The van der Waals surface area contributed by atoms with E-state index in [1.54, 1.807) is 4.90 Å². The number of aromatic nitrogens is 3. The number of rotatable bonds is 6. The van der Waals surface area contributed by atoms with Crippen molar-refractivity contribution in [1.82, 2.24) is 19.7 Å². The zero-order chi connectivity index (χ0) is 18.7. The van der Waals surface area contributed by atoms with Crippen LogP contribution in [0.15, 0.2) is 5.16 Å². The van der Waals surface area contributed by atoms with Gasteiger partial charge in [-0.05, 0) is 32.6 Å². The van der Waals surface area contributed by atoms with Crippen molar-refractivity contribution >= 4 is 27.5 Å². The van der Waals surface area contributed by atoms with Crippen molar-refractivity contribution in [3.05, 3.63) is 5.82 Å². The van der Waals surface area contributed by atoms with Gasteiger partial charge in [-0.15, -0.1) is 10.2 Å². The van der Waals surface area contributed by atoms with E-state index >= 15 is 0 Å². The van der Waals surface area contributed by atoms with Gasteiger partial charge in [0.1, 0.15) is 5.82 Å². The van der Waals surface area contributed by atoms with Crippen molar-refractivity contribution < 1.29 is 13.2 Å². The van der Waals surface area contributed by atoms with Gasteiger partial charge in [0.05, 0.1) is 17.3 Å². The van der Waals surface area contributed by atoms with Crippen molar-refractivity contribution in [2.24, 2.45) is 0 Å². The predicted molar refractivity (Wildman–Crippen MR) is 102 cm³/mol. The Morgan fingerprint density at radius 3 is 2.85 bits per heavy atom. The average molecular weight is 401 g/mol. The summed E-state index contributed by atoms with van der Waals surface area (Å²) in [5.74, 6) is 1.56. The fourth-order valence-corrected chi connectivity index (χ4v) is 6.33. The maximum absolute atomic E-state index is 12.9. The van der Waals surface area contributed by atoms with Crippen LogP contribution in [0.3, 0.4) is 0 Å². The minimum Gasteiger partial charge on any atom is -0.335 e. The summed E-state index contributed by atoms with van der Waals surface area (Å²) in [6.07, 6.45) is 5.76. The van der Waals surface area contributed by atoms with E-state index in [0.717, 1.165) is 43.2 Å². The number of fused-ring (bicyclic) bond motifs is 1. The molecule has 1 aromatic heterocycles. The minimum atomic E-state index is -3.02. The minimum absolute atomic E-state index is 0.00239. The normalized spacial score (nSPS) is 23.2. The summed E-state index contributed by atoms with van der Waals surface area (Å²) >= 11 is 1.42. The summed E-state index contributed by atoms with van der Waals surface area (Å²) in [7, 11) is -3.02. The van der Waals surface area contributed by atoms with Crippen molar-refractivity contribution in [3.8, 4) is 0 Å². The van der Waals surface area contributed by atoms with Gasteiger partial charge in [0.2, 0.25) is 5.91 Å². The summed E-state index contributed by atoms with van der Waals surface area (Å²) in [6.45, 7) is 4.94. The molecule has 0 bridgehead atoms. The summed E-state index contributed by atoms with van der Waals surface area (Å²) in [4.78, 5) is 14.7. The highest BCUT2D eigenvalue weighted by Crippen LogP contribution is 2.25. The Kier molecular flexibility index (Phi) is 6.27. The number of nitrogens with zero attached hydrogens (tertiary/aromatic N) is 4. The van der Waals surface area contributed by atoms with E-state index in [1.807, 2.05) is 13.8 Å². The number of aryl methyl sites for hydroxylation is 1.